The zero-order chi connectivity index (χ0) is 17.1. The topological polar surface area (TPSA) is 84.1 Å². The Kier molecular flexibility index (Phi) is 4.39. The molecule has 0 saturated carbocycles. The Morgan fingerprint density at radius 2 is 2.12 bits per heavy atom. The minimum atomic E-state index is -0.473. The molecule has 0 fully saturated rings. The van der Waals surface area contributed by atoms with E-state index in [0.717, 1.165) is 5.39 Å². The standard InChI is InChI=1S/C17H13ClN2O4/c1-23-14-7-10(6-12(18)16(14)21)9-19-20-17(22)15-8-11-4-2-3-5-13(11)24-15/h2-9,21H,1H3,(H,20,22)/b19-9+. The molecule has 6 nitrogen and oxygen atoms in total. The quantitative estimate of drug-likeness (QED) is 0.560. The van der Waals surface area contributed by atoms with Crippen LogP contribution in [0.4, 0.5) is 0 Å². The molecule has 24 heavy (non-hydrogen) atoms. The maximum Gasteiger partial charge on any atom is 0.307 e. The summed E-state index contributed by atoms with van der Waals surface area (Å²) in [5.41, 5.74) is 3.55. The van der Waals surface area contributed by atoms with Crippen molar-refractivity contribution in [2.75, 3.05) is 7.11 Å². The van der Waals surface area contributed by atoms with E-state index < -0.39 is 5.91 Å². The first-order valence-electron chi connectivity index (χ1n) is 6.97. The van der Waals surface area contributed by atoms with Gasteiger partial charge in [-0.2, -0.15) is 5.10 Å². The normalized spacial score (nSPS) is 11.1. The maximum atomic E-state index is 12.0. The first-order valence-corrected chi connectivity index (χ1v) is 7.35. The van der Waals surface area contributed by atoms with Crippen LogP contribution in [0.3, 0.4) is 0 Å². The van der Waals surface area contributed by atoms with Gasteiger partial charge in [-0.1, -0.05) is 29.8 Å². The van der Waals surface area contributed by atoms with Crippen LogP contribution < -0.4 is 10.2 Å². The number of phenolic OH excluding ortho intramolecular Hbond substituents is 1. The Labute approximate surface area is 142 Å². The molecule has 0 aliphatic carbocycles. The highest BCUT2D eigenvalue weighted by atomic mass is 35.5. The van der Waals surface area contributed by atoms with Crippen LogP contribution in [0.5, 0.6) is 11.5 Å². The number of hydrazone groups is 1. The fraction of sp³-hybridized carbons (Fsp3) is 0.0588. The number of hydrogen-bond acceptors (Lipinski definition) is 5. The van der Waals surface area contributed by atoms with Gasteiger partial charge < -0.3 is 14.3 Å². The van der Waals surface area contributed by atoms with Crippen molar-refractivity contribution in [3.63, 3.8) is 0 Å². The molecule has 2 aromatic carbocycles. The van der Waals surface area contributed by atoms with E-state index >= 15 is 0 Å². The summed E-state index contributed by atoms with van der Waals surface area (Å²) in [4.78, 5) is 12.0. The van der Waals surface area contributed by atoms with Gasteiger partial charge in [0, 0.05) is 5.39 Å². The van der Waals surface area contributed by atoms with Gasteiger partial charge in [-0.25, -0.2) is 5.43 Å². The number of halogens is 1. The molecule has 7 heteroatoms. The molecule has 1 aromatic heterocycles. The number of carbonyl (C=O) groups excluding carboxylic acids is 1. The van der Waals surface area contributed by atoms with Crippen molar-refractivity contribution in [2.24, 2.45) is 5.10 Å². The third-order valence-electron chi connectivity index (χ3n) is 3.30. The van der Waals surface area contributed by atoms with Crippen LogP contribution in [0, 0.1) is 0 Å². The van der Waals surface area contributed by atoms with E-state index in [4.69, 9.17) is 20.8 Å². The summed E-state index contributed by atoms with van der Waals surface area (Å²) in [6.45, 7) is 0. The molecule has 3 rings (SSSR count). The highest BCUT2D eigenvalue weighted by molar-refractivity contribution is 6.32. The molecule has 1 heterocycles. The Hall–Kier alpha value is -2.99. The molecule has 0 radical (unpaired) electrons. The van der Waals surface area contributed by atoms with Crippen molar-refractivity contribution >= 4 is 34.7 Å². The summed E-state index contributed by atoms with van der Waals surface area (Å²) < 4.78 is 10.4. The van der Waals surface area contributed by atoms with E-state index in [1.165, 1.54) is 25.5 Å². The second-order valence-corrected chi connectivity index (χ2v) is 5.31. The summed E-state index contributed by atoms with van der Waals surface area (Å²) >= 11 is 5.89. The van der Waals surface area contributed by atoms with Gasteiger partial charge in [0.15, 0.2) is 17.3 Å². The number of carbonyl (C=O) groups is 1. The number of benzene rings is 2. The highest BCUT2D eigenvalue weighted by Gasteiger charge is 2.11. The number of nitrogens with one attached hydrogen (secondary N) is 1. The Morgan fingerprint density at radius 1 is 1.33 bits per heavy atom. The molecule has 2 N–H and O–H groups in total. The minimum Gasteiger partial charge on any atom is -0.503 e. The Morgan fingerprint density at radius 3 is 2.88 bits per heavy atom. The van der Waals surface area contributed by atoms with Gasteiger partial charge >= 0.3 is 5.91 Å². The van der Waals surface area contributed by atoms with Crippen molar-refractivity contribution in [1.29, 1.82) is 0 Å². The third kappa shape index (κ3) is 3.18. The summed E-state index contributed by atoms with van der Waals surface area (Å²) in [5.74, 6) is -0.246. The number of amides is 1. The SMILES string of the molecule is COc1cc(/C=N/NC(=O)c2cc3ccccc3o2)cc(Cl)c1O. The van der Waals surface area contributed by atoms with E-state index in [0.29, 0.717) is 11.1 Å². The monoisotopic (exact) mass is 344 g/mol. The third-order valence-corrected chi connectivity index (χ3v) is 3.59. The minimum absolute atomic E-state index is 0.124. The fourth-order valence-electron chi connectivity index (χ4n) is 2.14. The summed E-state index contributed by atoms with van der Waals surface area (Å²) in [5, 5.41) is 14.5. The van der Waals surface area contributed by atoms with E-state index in [9.17, 15) is 9.90 Å². The zero-order valence-electron chi connectivity index (χ0n) is 12.6. The average molecular weight is 345 g/mol. The van der Waals surface area contributed by atoms with Gasteiger partial charge in [-0.15, -0.1) is 0 Å². The maximum absolute atomic E-state index is 12.0. The van der Waals surface area contributed by atoms with Crippen molar-refractivity contribution in [2.45, 2.75) is 0 Å². The van der Waals surface area contributed by atoms with Gasteiger partial charge in [0.2, 0.25) is 0 Å². The van der Waals surface area contributed by atoms with Crippen LogP contribution in [0.2, 0.25) is 5.02 Å². The van der Waals surface area contributed by atoms with E-state index in [1.54, 1.807) is 12.1 Å². The lowest BCUT2D eigenvalue weighted by Crippen LogP contribution is -2.16. The molecule has 3 aromatic rings. The molecule has 0 atom stereocenters. The van der Waals surface area contributed by atoms with Crippen LogP contribution in [-0.2, 0) is 0 Å². The lowest BCUT2D eigenvalue weighted by molar-refractivity contribution is 0.0929. The summed E-state index contributed by atoms with van der Waals surface area (Å²) in [6, 6.07) is 12.0. The molecule has 0 unspecified atom stereocenters. The number of methoxy groups -OCH3 is 1. The number of ether oxygens (including phenoxy) is 1. The predicted octanol–water partition coefficient (Wildman–Crippen LogP) is 3.56. The molecule has 122 valence electrons. The number of rotatable bonds is 4. The molecule has 0 aliphatic rings. The number of para-hydroxylation sites is 1. The number of phenols is 1. The van der Waals surface area contributed by atoms with Crippen LogP contribution in [0.25, 0.3) is 11.0 Å². The van der Waals surface area contributed by atoms with Gasteiger partial charge in [0.05, 0.1) is 18.3 Å². The van der Waals surface area contributed by atoms with Crippen LogP contribution >= 0.6 is 11.6 Å². The molecule has 0 bridgehead atoms. The second kappa shape index (κ2) is 6.64. The molecule has 0 spiro atoms. The lowest BCUT2D eigenvalue weighted by Gasteiger charge is -2.05. The second-order valence-electron chi connectivity index (χ2n) is 4.90. The summed E-state index contributed by atoms with van der Waals surface area (Å²) in [7, 11) is 1.41. The van der Waals surface area contributed by atoms with Crippen molar-refractivity contribution < 1.29 is 19.1 Å². The number of furan rings is 1. The Bertz CT molecular complexity index is 900. The van der Waals surface area contributed by atoms with E-state index in [1.807, 2.05) is 18.2 Å². The molecule has 1 amide bonds. The molecular weight excluding hydrogens is 332 g/mol. The molecule has 0 saturated heterocycles. The molecule has 0 aliphatic heterocycles. The van der Waals surface area contributed by atoms with Crippen molar-refractivity contribution in [1.82, 2.24) is 5.43 Å². The number of hydrogen-bond donors (Lipinski definition) is 2. The van der Waals surface area contributed by atoms with E-state index in [-0.39, 0.29) is 22.3 Å². The van der Waals surface area contributed by atoms with Gasteiger partial charge in [0.25, 0.3) is 0 Å². The lowest BCUT2D eigenvalue weighted by atomic mass is 10.2. The van der Waals surface area contributed by atoms with Crippen molar-refractivity contribution in [3.8, 4) is 11.5 Å². The number of nitrogens with zero attached hydrogens (tertiary/aromatic N) is 1. The van der Waals surface area contributed by atoms with Gasteiger partial charge in [-0.05, 0) is 29.8 Å². The molecular formula is C17H13ClN2O4. The smallest absolute Gasteiger partial charge is 0.307 e. The first kappa shape index (κ1) is 15.9. The number of fused-ring (bicyclic) bond motifs is 1. The van der Waals surface area contributed by atoms with Crippen LogP contribution in [0.1, 0.15) is 16.1 Å². The van der Waals surface area contributed by atoms with Crippen molar-refractivity contribution in [3.05, 3.63) is 58.8 Å². The number of aromatic hydroxyl groups is 1. The van der Waals surface area contributed by atoms with Gasteiger partial charge in [-0.3, -0.25) is 4.79 Å². The predicted molar refractivity (Wildman–Crippen MR) is 90.9 cm³/mol. The Balaban J connectivity index is 1.74. The summed E-state index contributed by atoms with van der Waals surface area (Å²) in [6.07, 6.45) is 1.38. The largest absolute Gasteiger partial charge is 0.503 e. The average Bonchev–Trinajstić information content (AvgIpc) is 3.02. The zero-order valence-corrected chi connectivity index (χ0v) is 13.4. The van der Waals surface area contributed by atoms with Gasteiger partial charge in [0.1, 0.15) is 5.58 Å². The first-order chi connectivity index (χ1) is 11.6. The van der Waals surface area contributed by atoms with Crippen LogP contribution in [0.15, 0.2) is 52.0 Å². The fourth-order valence-corrected chi connectivity index (χ4v) is 2.36. The highest BCUT2D eigenvalue weighted by Crippen LogP contribution is 2.34. The van der Waals surface area contributed by atoms with E-state index in [2.05, 4.69) is 10.5 Å². The van der Waals surface area contributed by atoms with Crippen LogP contribution in [-0.4, -0.2) is 24.3 Å².